The van der Waals surface area contributed by atoms with Gasteiger partial charge in [0.15, 0.2) is 0 Å². The summed E-state index contributed by atoms with van der Waals surface area (Å²) < 4.78 is 0. The number of hydrogen-bond acceptors (Lipinski definition) is 2. The van der Waals surface area contributed by atoms with Gasteiger partial charge in [0.2, 0.25) is 0 Å². The lowest BCUT2D eigenvalue weighted by atomic mass is 10.2. The molecule has 1 aromatic carbocycles. The fraction of sp³-hybridized carbons (Fsp3) is 0.417. The van der Waals surface area contributed by atoms with E-state index in [2.05, 4.69) is 19.6 Å². The second kappa shape index (κ2) is 5.81. The number of thiol groups is 1. The van der Waals surface area contributed by atoms with Gasteiger partial charge in [0.05, 0.1) is 0 Å². The second-order valence-electron chi connectivity index (χ2n) is 3.63. The van der Waals surface area contributed by atoms with Crippen LogP contribution in [-0.4, -0.2) is 24.4 Å². The van der Waals surface area contributed by atoms with Crippen LogP contribution in [0.4, 0.5) is 0 Å². The minimum absolute atomic E-state index is 0.0804. The molecule has 1 rings (SSSR count). The monoisotopic (exact) mass is 223 g/mol. The van der Waals surface area contributed by atoms with Crippen LogP contribution < -0.4 is 0 Å². The van der Waals surface area contributed by atoms with Gasteiger partial charge < -0.3 is 4.90 Å². The summed E-state index contributed by atoms with van der Waals surface area (Å²) in [5.41, 5.74) is 0.728. The molecular formula is C12H17NOS. The van der Waals surface area contributed by atoms with Crippen molar-refractivity contribution in [2.45, 2.75) is 24.7 Å². The van der Waals surface area contributed by atoms with Crippen molar-refractivity contribution in [2.24, 2.45) is 0 Å². The standard InChI is InChI=1S/C12H17NOS/c1-3-4-9-13(2)12(14)10-5-7-11(15)8-6-10/h5-8,15H,3-4,9H2,1-2H3. The van der Waals surface area contributed by atoms with Crippen LogP contribution >= 0.6 is 12.6 Å². The topological polar surface area (TPSA) is 20.3 Å². The van der Waals surface area contributed by atoms with Crippen molar-refractivity contribution in [3.05, 3.63) is 29.8 Å². The Hall–Kier alpha value is -0.960. The average molecular weight is 223 g/mol. The minimum atomic E-state index is 0.0804. The number of carbonyl (C=O) groups excluding carboxylic acids is 1. The molecule has 0 heterocycles. The summed E-state index contributed by atoms with van der Waals surface area (Å²) in [4.78, 5) is 14.5. The van der Waals surface area contributed by atoms with E-state index in [1.54, 1.807) is 4.90 Å². The summed E-state index contributed by atoms with van der Waals surface area (Å²) in [5, 5.41) is 0. The third kappa shape index (κ3) is 3.59. The molecule has 0 aliphatic carbocycles. The van der Waals surface area contributed by atoms with Crippen LogP contribution in [0.1, 0.15) is 30.1 Å². The molecule has 0 unspecified atom stereocenters. The smallest absolute Gasteiger partial charge is 0.253 e. The van der Waals surface area contributed by atoms with Crippen LogP contribution in [0, 0.1) is 0 Å². The maximum absolute atomic E-state index is 11.9. The molecule has 1 aromatic rings. The zero-order valence-electron chi connectivity index (χ0n) is 9.23. The van der Waals surface area contributed by atoms with Gasteiger partial charge in [0.25, 0.3) is 5.91 Å². The van der Waals surface area contributed by atoms with E-state index in [9.17, 15) is 4.79 Å². The molecule has 0 bridgehead atoms. The fourth-order valence-corrected chi connectivity index (χ4v) is 1.47. The van der Waals surface area contributed by atoms with Gasteiger partial charge >= 0.3 is 0 Å². The third-order valence-electron chi connectivity index (χ3n) is 2.31. The van der Waals surface area contributed by atoms with Crippen molar-refractivity contribution in [3.8, 4) is 0 Å². The quantitative estimate of drug-likeness (QED) is 0.778. The molecule has 0 aliphatic heterocycles. The fourth-order valence-electron chi connectivity index (χ4n) is 1.32. The lowest BCUT2D eigenvalue weighted by molar-refractivity contribution is 0.0793. The molecule has 0 radical (unpaired) electrons. The Morgan fingerprint density at radius 1 is 1.33 bits per heavy atom. The second-order valence-corrected chi connectivity index (χ2v) is 4.14. The van der Waals surface area contributed by atoms with Gasteiger partial charge in [0, 0.05) is 24.1 Å². The Balaban J connectivity index is 2.63. The number of hydrogen-bond donors (Lipinski definition) is 1. The normalized spacial score (nSPS) is 10.1. The lowest BCUT2D eigenvalue weighted by Gasteiger charge is -2.16. The number of carbonyl (C=O) groups is 1. The molecule has 1 amide bonds. The highest BCUT2D eigenvalue weighted by molar-refractivity contribution is 7.80. The summed E-state index contributed by atoms with van der Waals surface area (Å²) >= 11 is 4.18. The highest BCUT2D eigenvalue weighted by Gasteiger charge is 2.09. The molecule has 0 spiro atoms. The highest BCUT2D eigenvalue weighted by atomic mass is 32.1. The minimum Gasteiger partial charge on any atom is -0.342 e. The van der Waals surface area contributed by atoms with Crippen LogP contribution in [-0.2, 0) is 0 Å². The van der Waals surface area contributed by atoms with Crippen molar-refractivity contribution in [3.63, 3.8) is 0 Å². The Kier molecular flexibility index (Phi) is 4.69. The van der Waals surface area contributed by atoms with Crippen molar-refractivity contribution in [1.82, 2.24) is 4.90 Å². The largest absolute Gasteiger partial charge is 0.342 e. The lowest BCUT2D eigenvalue weighted by Crippen LogP contribution is -2.27. The van der Waals surface area contributed by atoms with Crippen molar-refractivity contribution in [2.75, 3.05) is 13.6 Å². The Labute approximate surface area is 96.7 Å². The molecule has 0 N–H and O–H groups in total. The number of nitrogens with zero attached hydrogens (tertiary/aromatic N) is 1. The predicted octanol–water partition coefficient (Wildman–Crippen LogP) is 2.85. The molecule has 82 valence electrons. The van der Waals surface area contributed by atoms with Crippen LogP contribution in [0.25, 0.3) is 0 Å². The van der Waals surface area contributed by atoms with Crippen LogP contribution in [0.2, 0.25) is 0 Å². The molecular weight excluding hydrogens is 206 g/mol. The summed E-state index contributed by atoms with van der Waals surface area (Å²) in [7, 11) is 1.84. The SMILES string of the molecule is CCCCN(C)C(=O)c1ccc(S)cc1. The molecule has 15 heavy (non-hydrogen) atoms. The first-order chi connectivity index (χ1) is 7.15. The molecule has 0 fully saturated rings. The van der Waals surface area contributed by atoms with Gasteiger partial charge in [-0.2, -0.15) is 0 Å². The van der Waals surface area contributed by atoms with Crippen LogP contribution in [0.15, 0.2) is 29.2 Å². The molecule has 0 aromatic heterocycles. The summed E-state index contributed by atoms with van der Waals surface area (Å²) in [6.45, 7) is 2.94. The van der Waals surface area contributed by atoms with E-state index < -0.39 is 0 Å². The van der Waals surface area contributed by atoms with E-state index in [1.807, 2.05) is 31.3 Å². The number of rotatable bonds is 4. The van der Waals surface area contributed by atoms with Crippen LogP contribution in [0.3, 0.4) is 0 Å². The summed E-state index contributed by atoms with van der Waals surface area (Å²) in [6, 6.07) is 7.30. The number of amides is 1. The zero-order chi connectivity index (χ0) is 11.3. The van der Waals surface area contributed by atoms with Gasteiger partial charge in [-0.05, 0) is 30.7 Å². The van der Waals surface area contributed by atoms with E-state index in [1.165, 1.54) is 0 Å². The molecule has 0 saturated heterocycles. The molecule has 2 nitrogen and oxygen atoms in total. The number of unbranched alkanes of at least 4 members (excludes halogenated alkanes) is 1. The van der Waals surface area contributed by atoms with E-state index >= 15 is 0 Å². The summed E-state index contributed by atoms with van der Waals surface area (Å²) in [5.74, 6) is 0.0804. The van der Waals surface area contributed by atoms with Gasteiger partial charge in [-0.3, -0.25) is 4.79 Å². The van der Waals surface area contributed by atoms with E-state index in [-0.39, 0.29) is 5.91 Å². The highest BCUT2D eigenvalue weighted by Crippen LogP contribution is 2.09. The first-order valence-electron chi connectivity index (χ1n) is 5.19. The first-order valence-corrected chi connectivity index (χ1v) is 5.64. The van der Waals surface area contributed by atoms with Gasteiger partial charge in [0.1, 0.15) is 0 Å². The van der Waals surface area contributed by atoms with Crippen molar-refractivity contribution >= 4 is 18.5 Å². The summed E-state index contributed by atoms with van der Waals surface area (Å²) in [6.07, 6.45) is 2.15. The Morgan fingerprint density at radius 3 is 2.47 bits per heavy atom. The van der Waals surface area contributed by atoms with E-state index in [0.717, 1.165) is 29.8 Å². The third-order valence-corrected chi connectivity index (χ3v) is 2.61. The molecule has 3 heteroatoms. The van der Waals surface area contributed by atoms with Gasteiger partial charge in [-0.1, -0.05) is 13.3 Å². The first kappa shape index (κ1) is 12.1. The zero-order valence-corrected chi connectivity index (χ0v) is 10.1. The molecule has 0 atom stereocenters. The van der Waals surface area contributed by atoms with Crippen molar-refractivity contribution < 1.29 is 4.79 Å². The van der Waals surface area contributed by atoms with Gasteiger partial charge in [-0.25, -0.2) is 0 Å². The number of benzene rings is 1. The van der Waals surface area contributed by atoms with E-state index in [4.69, 9.17) is 0 Å². The molecule has 0 aliphatic rings. The van der Waals surface area contributed by atoms with Crippen LogP contribution in [0.5, 0.6) is 0 Å². The Morgan fingerprint density at radius 2 is 1.93 bits per heavy atom. The Bertz CT molecular complexity index is 321. The van der Waals surface area contributed by atoms with Gasteiger partial charge in [-0.15, -0.1) is 12.6 Å². The van der Waals surface area contributed by atoms with Crippen molar-refractivity contribution in [1.29, 1.82) is 0 Å². The average Bonchev–Trinajstić information content (AvgIpc) is 2.26. The van der Waals surface area contributed by atoms with E-state index in [0.29, 0.717) is 0 Å². The maximum Gasteiger partial charge on any atom is 0.253 e. The maximum atomic E-state index is 11.9. The predicted molar refractivity (Wildman–Crippen MR) is 65.6 cm³/mol. The molecule has 0 saturated carbocycles.